The first kappa shape index (κ1) is 24.6. The van der Waals surface area contributed by atoms with E-state index in [1.807, 2.05) is 18.3 Å². The number of hydrogen-bond donors (Lipinski definition) is 2. The van der Waals surface area contributed by atoms with E-state index in [0.717, 1.165) is 41.2 Å². The Bertz CT molecular complexity index is 801. The third kappa shape index (κ3) is 7.25. The summed E-state index contributed by atoms with van der Waals surface area (Å²) in [5.74, 6) is 1.49. The zero-order valence-electron chi connectivity index (χ0n) is 16.7. The smallest absolute Gasteiger partial charge is 0.357 e. The van der Waals surface area contributed by atoms with Crippen LogP contribution in [-0.2, 0) is 19.3 Å². The van der Waals surface area contributed by atoms with Gasteiger partial charge in [-0.05, 0) is 24.5 Å². The van der Waals surface area contributed by atoms with Gasteiger partial charge < -0.3 is 15.5 Å². The molecule has 0 radical (unpaired) electrons. The van der Waals surface area contributed by atoms with E-state index in [-0.39, 0.29) is 30.5 Å². The molecule has 0 unspecified atom stereocenters. The highest BCUT2D eigenvalue weighted by Gasteiger charge is 2.33. The Balaban J connectivity index is 0.00000320. The molecule has 0 atom stereocenters. The fraction of sp³-hybridized carbons (Fsp3) is 0.526. The molecule has 1 aliphatic heterocycles. The minimum absolute atomic E-state index is 0. The largest absolute Gasteiger partial charge is 0.434 e. The summed E-state index contributed by atoms with van der Waals surface area (Å²) in [6.07, 6.45) is 2.40. The van der Waals surface area contributed by atoms with Crippen molar-refractivity contribution in [2.45, 2.75) is 44.9 Å². The number of hydrogen-bond acceptors (Lipinski definition) is 5. The molecule has 0 bridgehead atoms. The molecule has 2 N–H and O–H groups in total. The molecule has 1 fully saturated rings. The number of nitrogens with one attached hydrogen (secondary N) is 2. The molecule has 30 heavy (non-hydrogen) atoms. The summed E-state index contributed by atoms with van der Waals surface area (Å²) in [4.78, 5) is 14.6. The second-order valence-corrected chi connectivity index (χ2v) is 7.77. The summed E-state index contributed by atoms with van der Waals surface area (Å²) >= 11 is 0.969. The Labute approximate surface area is 195 Å². The van der Waals surface area contributed by atoms with Gasteiger partial charge in [0, 0.05) is 38.3 Å². The van der Waals surface area contributed by atoms with Gasteiger partial charge in [-0.2, -0.15) is 13.2 Å². The molecule has 3 rings (SSSR count). The van der Waals surface area contributed by atoms with Gasteiger partial charge in [0.2, 0.25) is 0 Å². The van der Waals surface area contributed by atoms with Crippen LogP contribution >= 0.6 is 35.3 Å². The highest BCUT2D eigenvalue weighted by atomic mass is 127. The predicted octanol–water partition coefficient (Wildman–Crippen LogP) is 4.42. The average Bonchev–Trinajstić information content (AvgIpc) is 3.03. The van der Waals surface area contributed by atoms with Gasteiger partial charge in [0.25, 0.3) is 0 Å². The zero-order valence-corrected chi connectivity index (χ0v) is 19.9. The average molecular weight is 554 g/mol. The van der Waals surface area contributed by atoms with E-state index in [1.54, 1.807) is 7.05 Å². The molecule has 0 aromatic carbocycles. The Morgan fingerprint density at radius 3 is 2.40 bits per heavy atom. The minimum atomic E-state index is -4.42. The number of rotatable bonds is 5. The molecule has 0 spiro atoms. The maximum atomic E-state index is 12.6. The van der Waals surface area contributed by atoms with Crippen LogP contribution < -0.4 is 15.5 Å². The molecule has 2 aromatic rings. The lowest BCUT2D eigenvalue weighted by atomic mass is 10.2. The number of pyridine rings is 1. The van der Waals surface area contributed by atoms with Crippen LogP contribution in [-0.4, -0.2) is 36.1 Å². The van der Waals surface area contributed by atoms with Gasteiger partial charge in [0.05, 0.1) is 6.54 Å². The lowest BCUT2D eigenvalue weighted by molar-refractivity contribution is -0.140. The molecule has 2 aromatic heterocycles. The third-order valence-electron chi connectivity index (χ3n) is 4.67. The van der Waals surface area contributed by atoms with Crippen LogP contribution in [0.1, 0.15) is 41.9 Å². The summed E-state index contributed by atoms with van der Waals surface area (Å²) in [6, 6.07) is 4.07. The van der Waals surface area contributed by atoms with Gasteiger partial charge >= 0.3 is 6.18 Å². The zero-order chi connectivity index (χ0) is 20.7. The first-order chi connectivity index (χ1) is 14.0. The van der Waals surface area contributed by atoms with Crippen molar-refractivity contribution in [2.75, 3.05) is 25.0 Å². The minimum Gasteiger partial charge on any atom is -0.357 e. The van der Waals surface area contributed by atoms with E-state index in [4.69, 9.17) is 0 Å². The first-order valence-corrected chi connectivity index (χ1v) is 10.5. The molecule has 1 aliphatic rings. The molecular formula is C19H26F3IN6S. The summed E-state index contributed by atoms with van der Waals surface area (Å²) in [5, 5.41) is 7.49. The van der Waals surface area contributed by atoms with E-state index in [1.165, 1.54) is 25.7 Å². The Morgan fingerprint density at radius 2 is 1.83 bits per heavy atom. The van der Waals surface area contributed by atoms with E-state index >= 15 is 0 Å². The topological polar surface area (TPSA) is 65.4 Å². The van der Waals surface area contributed by atoms with Crippen LogP contribution in [0.25, 0.3) is 0 Å². The fourth-order valence-corrected chi connectivity index (χ4v) is 3.84. The van der Waals surface area contributed by atoms with E-state index in [2.05, 4.69) is 30.5 Å². The van der Waals surface area contributed by atoms with Crippen molar-refractivity contribution in [3.05, 3.63) is 40.0 Å². The third-order valence-corrected chi connectivity index (χ3v) is 5.52. The maximum Gasteiger partial charge on any atom is 0.434 e. The van der Waals surface area contributed by atoms with Crippen molar-refractivity contribution in [3.63, 3.8) is 0 Å². The lowest BCUT2D eigenvalue weighted by Gasteiger charge is -2.21. The molecule has 0 amide bonds. The monoisotopic (exact) mass is 554 g/mol. The number of aliphatic imine (C=N–C) groups is 1. The lowest BCUT2D eigenvalue weighted by Crippen LogP contribution is -2.36. The van der Waals surface area contributed by atoms with Crippen molar-refractivity contribution < 1.29 is 13.2 Å². The SMILES string of the molecule is CN=C(NCc1ccc(N2CCCCCC2)nc1)NCc1nc(C(F)(F)F)cs1.I. The first-order valence-electron chi connectivity index (χ1n) is 9.61. The number of nitrogens with zero attached hydrogens (tertiary/aromatic N) is 4. The Hall–Kier alpha value is -1.63. The van der Waals surface area contributed by atoms with Crippen molar-refractivity contribution >= 4 is 47.1 Å². The van der Waals surface area contributed by atoms with E-state index in [0.29, 0.717) is 17.5 Å². The predicted molar refractivity (Wildman–Crippen MR) is 124 cm³/mol. The van der Waals surface area contributed by atoms with Crippen LogP contribution in [0.5, 0.6) is 0 Å². The Kier molecular flexibility index (Phi) is 9.59. The summed E-state index contributed by atoms with van der Waals surface area (Å²) in [6.45, 7) is 2.78. The van der Waals surface area contributed by atoms with Gasteiger partial charge in [0.1, 0.15) is 10.8 Å². The van der Waals surface area contributed by atoms with Crippen molar-refractivity contribution in [3.8, 4) is 0 Å². The molecule has 166 valence electrons. The van der Waals surface area contributed by atoms with Crippen LogP contribution in [0, 0.1) is 0 Å². The second-order valence-electron chi connectivity index (χ2n) is 6.83. The Morgan fingerprint density at radius 1 is 1.13 bits per heavy atom. The molecule has 1 saturated heterocycles. The fourth-order valence-electron chi connectivity index (χ4n) is 3.10. The van der Waals surface area contributed by atoms with Crippen molar-refractivity contribution in [1.29, 1.82) is 0 Å². The number of guanidine groups is 1. The van der Waals surface area contributed by atoms with E-state index in [9.17, 15) is 13.2 Å². The van der Waals surface area contributed by atoms with Crippen LogP contribution in [0.2, 0.25) is 0 Å². The molecule has 0 saturated carbocycles. The normalized spacial score (nSPS) is 15.3. The molecule has 11 heteroatoms. The van der Waals surface area contributed by atoms with Gasteiger partial charge in [-0.3, -0.25) is 4.99 Å². The molecule has 3 heterocycles. The van der Waals surface area contributed by atoms with Gasteiger partial charge in [-0.25, -0.2) is 9.97 Å². The standard InChI is InChI=1S/C19H25F3N6S.HI/c1-23-18(26-12-17-27-15(13-29-17)19(20,21)22)25-11-14-6-7-16(24-10-14)28-8-4-2-3-5-9-28;/h6-7,10,13H,2-5,8-9,11-12H2,1H3,(H2,23,25,26);1H. The summed E-state index contributed by atoms with van der Waals surface area (Å²) in [7, 11) is 1.61. The maximum absolute atomic E-state index is 12.6. The highest BCUT2D eigenvalue weighted by Crippen LogP contribution is 2.29. The number of halogens is 4. The quantitative estimate of drug-likeness (QED) is 0.326. The van der Waals surface area contributed by atoms with Gasteiger partial charge in [0.15, 0.2) is 11.7 Å². The molecule has 6 nitrogen and oxygen atoms in total. The number of anilines is 1. The van der Waals surface area contributed by atoms with Gasteiger partial charge in [-0.15, -0.1) is 35.3 Å². The number of thiazole rings is 1. The second kappa shape index (κ2) is 11.7. The van der Waals surface area contributed by atoms with Gasteiger partial charge in [-0.1, -0.05) is 18.9 Å². The van der Waals surface area contributed by atoms with E-state index < -0.39 is 11.9 Å². The van der Waals surface area contributed by atoms with Crippen LogP contribution in [0.15, 0.2) is 28.7 Å². The summed E-state index contributed by atoms with van der Waals surface area (Å²) in [5.41, 5.74) is 0.137. The molecule has 0 aliphatic carbocycles. The van der Waals surface area contributed by atoms with Crippen LogP contribution in [0.3, 0.4) is 0 Å². The molecular weight excluding hydrogens is 528 g/mol. The number of aromatic nitrogens is 2. The number of alkyl halides is 3. The highest BCUT2D eigenvalue weighted by molar-refractivity contribution is 14.0. The van der Waals surface area contributed by atoms with Crippen LogP contribution in [0.4, 0.5) is 19.0 Å². The van der Waals surface area contributed by atoms with Crippen molar-refractivity contribution in [1.82, 2.24) is 20.6 Å². The summed E-state index contributed by atoms with van der Waals surface area (Å²) < 4.78 is 37.9. The van der Waals surface area contributed by atoms with Crippen molar-refractivity contribution in [2.24, 2.45) is 4.99 Å².